The molecule has 0 bridgehead atoms. The van der Waals surface area contributed by atoms with Gasteiger partial charge in [-0.3, -0.25) is 9.79 Å². The van der Waals surface area contributed by atoms with Gasteiger partial charge in [0.05, 0.1) is 13.1 Å². The Bertz CT molecular complexity index is 912. The van der Waals surface area contributed by atoms with Crippen molar-refractivity contribution in [2.24, 2.45) is 10.9 Å². The summed E-state index contributed by atoms with van der Waals surface area (Å²) in [6.07, 6.45) is 10.2. The highest BCUT2D eigenvalue weighted by molar-refractivity contribution is 5.88. The third-order valence-electron chi connectivity index (χ3n) is 5.59. The highest BCUT2D eigenvalue weighted by atomic mass is 16.4. The van der Waals surface area contributed by atoms with Gasteiger partial charge in [0.15, 0.2) is 5.82 Å². The monoisotopic (exact) mass is 408 g/mol. The van der Waals surface area contributed by atoms with Crippen molar-refractivity contribution in [3.8, 4) is 0 Å². The van der Waals surface area contributed by atoms with Crippen LogP contribution in [0.25, 0.3) is 0 Å². The Balaban J connectivity index is 1.79. The van der Waals surface area contributed by atoms with Crippen molar-refractivity contribution in [3.05, 3.63) is 59.2 Å². The molecule has 1 aromatic heterocycles. The van der Waals surface area contributed by atoms with Crippen LogP contribution in [-0.2, 0) is 29.6 Å². The predicted octanol–water partition coefficient (Wildman–Crippen LogP) is 4.22. The number of aliphatic imine (C=N–C) groups is 1. The van der Waals surface area contributed by atoms with E-state index in [-0.39, 0.29) is 6.54 Å². The number of hydrogen-bond acceptors (Lipinski definition) is 4. The third-order valence-corrected chi connectivity index (χ3v) is 5.59. The molecule has 0 amide bonds. The molecule has 6 nitrogen and oxygen atoms in total. The zero-order valence-corrected chi connectivity index (χ0v) is 18.2. The van der Waals surface area contributed by atoms with E-state index >= 15 is 0 Å². The van der Waals surface area contributed by atoms with E-state index in [9.17, 15) is 9.90 Å². The quantitative estimate of drug-likeness (QED) is 0.638. The van der Waals surface area contributed by atoms with E-state index in [0.717, 1.165) is 54.9 Å². The Hall–Kier alpha value is -2.76. The molecule has 0 aliphatic carbocycles. The number of aromatic nitrogens is 3. The minimum Gasteiger partial charge on any atom is -0.480 e. The number of carbonyl (C=O) groups is 1. The molecule has 0 fully saturated rings. The first-order chi connectivity index (χ1) is 14.4. The van der Waals surface area contributed by atoms with Crippen LogP contribution in [0, 0.1) is 5.92 Å². The summed E-state index contributed by atoms with van der Waals surface area (Å²) in [4.78, 5) is 20.9. The number of nitrogens with zero attached hydrogens (tertiary/aromatic N) is 4. The molecule has 0 saturated heterocycles. The zero-order valence-electron chi connectivity index (χ0n) is 18.2. The average molecular weight is 409 g/mol. The van der Waals surface area contributed by atoms with E-state index in [1.165, 1.54) is 0 Å². The number of unbranched alkanes of at least 4 members (excludes halogenated alkanes) is 1. The standard InChI is InChI=1S/C24H32N4O2/c1-4-5-7-22-26-21(13-8-18(2)3)27-28(22)16-19-9-11-20(12-10-19)24(23(29)30)14-6-15-25-17-24/h6,9-12,14-15,18H,4-5,7-8,13,16-17H2,1-3H3,(H,29,30). The zero-order chi connectivity index (χ0) is 21.6. The van der Waals surface area contributed by atoms with E-state index in [2.05, 4.69) is 25.8 Å². The van der Waals surface area contributed by atoms with Gasteiger partial charge in [-0.1, -0.05) is 57.5 Å². The fourth-order valence-corrected chi connectivity index (χ4v) is 3.64. The van der Waals surface area contributed by atoms with Crippen LogP contribution in [0.5, 0.6) is 0 Å². The van der Waals surface area contributed by atoms with Gasteiger partial charge in [0.1, 0.15) is 11.2 Å². The summed E-state index contributed by atoms with van der Waals surface area (Å²) in [5.74, 6) is 1.70. The summed E-state index contributed by atoms with van der Waals surface area (Å²) in [5, 5.41) is 14.6. The number of dihydropyridines is 1. The topological polar surface area (TPSA) is 80.4 Å². The van der Waals surface area contributed by atoms with Crippen molar-refractivity contribution in [3.63, 3.8) is 0 Å². The van der Waals surface area contributed by atoms with E-state index in [0.29, 0.717) is 12.5 Å². The molecule has 1 atom stereocenters. The molecule has 1 N–H and O–H groups in total. The van der Waals surface area contributed by atoms with Gasteiger partial charge in [-0.15, -0.1) is 0 Å². The molecule has 1 aliphatic rings. The van der Waals surface area contributed by atoms with Gasteiger partial charge >= 0.3 is 5.97 Å². The maximum absolute atomic E-state index is 12.0. The molecule has 6 heteroatoms. The SMILES string of the molecule is CCCCc1nc(CCC(C)C)nn1Cc1ccc(C2(C(=O)O)C=CC=NC2)cc1. The Morgan fingerprint density at radius 2 is 2.00 bits per heavy atom. The second-order valence-electron chi connectivity index (χ2n) is 8.46. The van der Waals surface area contributed by atoms with E-state index in [1.807, 2.05) is 28.9 Å². The summed E-state index contributed by atoms with van der Waals surface area (Å²) in [6, 6.07) is 7.78. The molecule has 0 radical (unpaired) electrons. The lowest BCUT2D eigenvalue weighted by molar-refractivity contribution is -0.141. The van der Waals surface area contributed by atoms with Gasteiger partial charge in [0.2, 0.25) is 0 Å². The molecule has 1 aliphatic heterocycles. The molecule has 30 heavy (non-hydrogen) atoms. The van der Waals surface area contributed by atoms with E-state index < -0.39 is 11.4 Å². The lowest BCUT2D eigenvalue weighted by Crippen LogP contribution is -2.38. The summed E-state index contributed by atoms with van der Waals surface area (Å²) in [7, 11) is 0. The van der Waals surface area contributed by atoms with Crippen LogP contribution < -0.4 is 0 Å². The largest absolute Gasteiger partial charge is 0.480 e. The minimum absolute atomic E-state index is 0.224. The Kier molecular flexibility index (Phi) is 7.19. The van der Waals surface area contributed by atoms with Crippen molar-refractivity contribution < 1.29 is 9.90 Å². The number of carboxylic acids is 1. The molecule has 3 rings (SSSR count). The van der Waals surface area contributed by atoms with Crippen molar-refractivity contribution in [1.29, 1.82) is 0 Å². The number of benzene rings is 1. The van der Waals surface area contributed by atoms with Crippen LogP contribution >= 0.6 is 0 Å². The number of aryl methyl sites for hydroxylation is 2. The van der Waals surface area contributed by atoms with Gasteiger partial charge in [0, 0.05) is 19.1 Å². The van der Waals surface area contributed by atoms with Gasteiger partial charge in [-0.25, -0.2) is 9.67 Å². The van der Waals surface area contributed by atoms with Crippen LogP contribution in [0.1, 0.15) is 62.8 Å². The summed E-state index contributed by atoms with van der Waals surface area (Å²) in [6.45, 7) is 7.48. The summed E-state index contributed by atoms with van der Waals surface area (Å²) >= 11 is 0. The van der Waals surface area contributed by atoms with Gasteiger partial charge in [0.25, 0.3) is 0 Å². The molecule has 0 spiro atoms. The second kappa shape index (κ2) is 9.83. The molecular weight excluding hydrogens is 376 g/mol. The fourth-order valence-electron chi connectivity index (χ4n) is 3.64. The maximum atomic E-state index is 12.0. The summed E-state index contributed by atoms with van der Waals surface area (Å²) < 4.78 is 2.01. The van der Waals surface area contributed by atoms with Crippen LogP contribution in [0.3, 0.4) is 0 Å². The first kappa shape index (κ1) is 21.9. The fraction of sp³-hybridized carbons (Fsp3) is 0.500. The van der Waals surface area contributed by atoms with E-state index in [1.54, 1.807) is 18.4 Å². The minimum atomic E-state index is -1.09. The van der Waals surface area contributed by atoms with Crippen LogP contribution in [0.4, 0.5) is 0 Å². The molecule has 2 heterocycles. The number of aliphatic carboxylic acids is 1. The molecule has 0 saturated carbocycles. The second-order valence-corrected chi connectivity index (χ2v) is 8.46. The Labute approximate surface area is 178 Å². The number of allylic oxidation sites excluding steroid dienone is 1. The smallest absolute Gasteiger partial charge is 0.319 e. The Morgan fingerprint density at radius 3 is 2.60 bits per heavy atom. The third kappa shape index (κ3) is 5.04. The highest BCUT2D eigenvalue weighted by Crippen LogP contribution is 2.29. The molecule has 1 unspecified atom stereocenters. The maximum Gasteiger partial charge on any atom is 0.319 e. The molecule has 1 aromatic carbocycles. The van der Waals surface area contributed by atoms with Gasteiger partial charge in [-0.05, 0) is 36.0 Å². The average Bonchev–Trinajstić information content (AvgIpc) is 3.13. The number of hydrogen-bond donors (Lipinski definition) is 1. The van der Waals surface area contributed by atoms with Crippen molar-refractivity contribution >= 4 is 12.2 Å². The van der Waals surface area contributed by atoms with E-state index in [4.69, 9.17) is 10.1 Å². The lowest BCUT2D eigenvalue weighted by atomic mass is 9.79. The summed E-state index contributed by atoms with van der Waals surface area (Å²) in [5.41, 5.74) is 0.742. The van der Waals surface area contributed by atoms with Crippen molar-refractivity contribution in [2.75, 3.05) is 6.54 Å². The van der Waals surface area contributed by atoms with Crippen LogP contribution in [0.15, 0.2) is 41.4 Å². The normalized spacial score (nSPS) is 18.3. The molecule has 160 valence electrons. The first-order valence-electron chi connectivity index (χ1n) is 10.9. The first-order valence-corrected chi connectivity index (χ1v) is 10.9. The van der Waals surface area contributed by atoms with Gasteiger partial charge in [-0.2, -0.15) is 5.10 Å². The molecule has 2 aromatic rings. The van der Waals surface area contributed by atoms with Crippen molar-refractivity contribution in [2.45, 2.75) is 64.8 Å². The Morgan fingerprint density at radius 1 is 1.23 bits per heavy atom. The van der Waals surface area contributed by atoms with Crippen molar-refractivity contribution in [1.82, 2.24) is 14.8 Å². The van der Waals surface area contributed by atoms with Gasteiger partial charge < -0.3 is 5.11 Å². The predicted molar refractivity (Wildman–Crippen MR) is 119 cm³/mol. The lowest BCUT2D eigenvalue weighted by Gasteiger charge is -2.26. The van der Waals surface area contributed by atoms with Crippen LogP contribution in [-0.4, -0.2) is 38.6 Å². The number of rotatable bonds is 10. The number of carboxylic acid groups (broad SMARTS) is 1. The highest BCUT2D eigenvalue weighted by Gasteiger charge is 2.38. The molecular formula is C24H32N4O2. The van der Waals surface area contributed by atoms with Crippen LogP contribution in [0.2, 0.25) is 0 Å².